The molecule has 19 heavy (non-hydrogen) atoms. The minimum absolute atomic E-state index is 0.0553. The van der Waals surface area contributed by atoms with Crippen LogP contribution in [-0.4, -0.2) is 27.7 Å². The summed E-state index contributed by atoms with van der Waals surface area (Å²) in [5.41, 5.74) is 2.05. The molecular formula is C14H15N3O2. The monoisotopic (exact) mass is 257 g/mol. The van der Waals surface area contributed by atoms with Gasteiger partial charge in [-0.3, -0.25) is 9.78 Å². The lowest BCUT2D eigenvalue weighted by molar-refractivity contribution is -0.0384. The van der Waals surface area contributed by atoms with E-state index in [2.05, 4.69) is 10.1 Å². The molecule has 1 atom stereocenters. The van der Waals surface area contributed by atoms with Crippen molar-refractivity contribution in [3.63, 3.8) is 0 Å². The molecular weight excluding hydrogens is 242 g/mol. The summed E-state index contributed by atoms with van der Waals surface area (Å²) in [6.07, 6.45) is 7.33. The number of rotatable bonds is 3. The zero-order valence-electron chi connectivity index (χ0n) is 10.5. The second kappa shape index (κ2) is 5.32. The molecule has 0 bridgehead atoms. The van der Waals surface area contributed by atoms with Crippen molar-refractivity contribution in [3.8, 4) is 11.4 Å². The fourth-order valence-corrected chi connectivity index (χ4v) is 2.37. The van der Waals surface area contributed by atoms with Crippen molar-refractivity contribution in [3.05, 3.63) is 36.2 Å². The maximum Gasteiger partial charge on any atom is 0.152 e. The number of pyridine rings is 1. The van der Waals surface area contributed by atoms with Crippen LogP contribution in [0.2, 0.25) is 0 Å². The second-order valence-corrected chi connectivity index (χ2v) is 4.54. The molecule has 98 valence electrons. The molecule has 1 fully saturated rings. The van der Waals surface area contributed by atoms with Crippen LogP contribution in [0.1, 0.15) is 35.8 Å². The molecule has 2 aromatic heterocycles. The molecule has 0 N–H and O–H groups in total. The van der Waals surface area contributed by atoms with E-state index in [1.54, 1.807) is 24.5 Å². The van der Waals surface area contributed by atoms with Crippen LogP contribution < -0.4 is 0 Å². The molecule has 5 heteroatoms. The van der Waals surface area contributed by atoms with Crippen molar-refractivity contribution in [2.45, 2.75) is 25.5 Å². The lowest BCUT2D eigenvalue weighted by Crippen LogP contribution is -2.20. The zero-order chi connectivity index (χ0) is 13.1. The number of hydrogen-bond acceptors (Lipinski definition) is 4. The van der Waals surface area contributed by atoms with Crippen LogP contribution in [0, 0.1) is 0 Å². The van der Waals surface area contributed by atoms with Gasteiger partial charge in [0.2, 0.25) is 0 Å². The first-order valence-corrected chi connectivity index (χ1v) is 6.46. The van der Waals surface area contributed by atoms with Gasteiger partial charge in [0.15, 0.2) is 12.5 Å². The maximum absolute atomic E-state index is 11.1. The topological polar surface area (TPSA) is 57.0 Å². The molecule has 1 aliphatic heterocycles. The summed E-state index contributed by atoms with van der Waals surface area (Å²) in [7, 11) is 0. The summed E-state index contributed by atoms with van der Waals surface area (Å²) >= 11 is 0. The Morgan fingerprint density at radius 3 is 3.05 bits per heavy atom. The second-order valence-electron chi connectivity index (χ2n) is 4.54. The predicted molar refractivity (Wildman–Crippen MR) is 69.7 cm³/mol. The summed E-state index contributed by atoms with van der Waals surface area (Å²) in [6, 6.07) is 5.38. The van der Waals surface area contributed by atoms with E-state index in [0.717, 1.165) is 37.8 Å². The largest absolute Gasteiger partial charge is 0.356 e. The fraction of sp³-hybridized carbons (Fsp3) is 0.357. The van der Waals surface area contributed by atoms with Crippen molar-refractivity contribution in [2.24, 2.45) is 0 Å². The molecule has 0 saturated carbocycles. The summed E-state index contributed by atoms with van der Waals surface area (Å²) in [6.45, 7) is 0.757. The van der Waals surface area contributed by atoms with Gasteiger partial charge in [0.25, 0.3) is 0 Å². The van der Waals surface area contributed by atoms with Crippen LogP contribution in [0.15, 0.2) is 30.6 Å². The third-order valence-corrected chi connectivity index (χ3v) is 3.31. The van der Waals surface area contributed by atoms with Crippen molar-refractivity contribution in [1.82, 2.24) is 14.8 Å². The highest BCUT2D eigenvalue weighted by Gasteiger charge is 2.21. The standard InChI is InChI=1S/C14H15N3O2/c18-10-11-4-3-7-15-14(11)12-6-8-16-17(12)13-5-1-2-9-19-13/h3-4,6-8,10,13H,1-2,5,9H2. The number of carbonyl (C=O) groups excluding carboxylic acids is 1. The van der Waals surface area contributed by atoms with E-state index >= 15 is 0 Å². The summed E-state index contributed by atoms with van der Waals surface area (Å²) < 4.78 is 7.57. The summed E-state index contributed by atoms with van der Waals surface area (Å²) in [5.74, 6) is 0. The first-order valence-electron chi connectivity index (χ1n) is 6.46. The molecule has 3 rings (SSSR count). The Kier molecular flexibility index (Phi) is 3.37. The van der Waals surface area contributed by atoms with Gasteiger partial charge in [0.1, 0.15) is 0 Å². The molecule has 1 aliphatic rings. The Bertz CT molecular complexity index is 574. The lowest BCUT2D eigenvalue weighted by atomic mass is 10.1. The van der Waals surface area contributed by atoms with Gasteiger partial charge >= 0.3 is 0 Å². The van der Waals surface area contributed by atoms with Gasteiger partial charge in [-0.25, -0.2) is 4.68 Å². The highest BCUT2D eigenvalue weighted by atomic mass is 16.5. The van der Waals surface area contributed by atoms with Gasteiger partial charge in [-0.15, -0.1) is 0 Å². The Balaban J connectivity index is 2.01. The highest BCUT2D eigenvalue weighted by molar-refractivity contribution is 5.84. The minimum Gasteiger partial charge on any atom is -0.356 e. The van der Waals surface area contributed by atoms with E-state index in [4.69, 9.17) is 4.74 Å². The van der Waals surface area contributed by atoms with Crippen molar-refractivity contribution >= 4 is 6.29 Å². The quantitative estimate of drug-likeness (QED) is 0.792. The van der Waals surface area contributed by atoms with Gasteiger partial charge < -0.3 is 4.74 Å². The van der Waals surface area contributed by atoms with Crippen LogP contribution in [-0.2, 0) is 4.74 Å². The molecule has 0 aliphatic carbocycles. The molecule has 0 spiro atoms. The number of ether oxygens (including phenoxy) is 1. The average Bonchev–Trinajstić information content (AvgIpc) is 2.97. The van der Waals surface area contributed by atoms with Crippen molar-refractivity contribution in [1.29, 1.82) is 0 Å². The van der Waals surface area contributed by atoms with Crippen LogP contribution in [0.4, 0.5) is 0 Å². The summed E-state index contributed by atoms with van der Waals surface area (Å²) in [5, 5.41) is 4.33. The van der Waals surface area contributed by atoms with Gasteiger partial charge in [0.05, 0.1) is 11.4 Å². The van der Waals surface area contributed by atoms with Crippen molar-refractivity contribution < 1.29 is 9.53 Å². The molecule has 0 radical (unpaired) electrons. The third-order valence-electron chi connectivity index (χ3n) is 3.31. The van der Waals surface area contributed by atoms with E-state index in [9.17, 15) is 4.79 Å². The zero-order valence-corrected chi connectivity index (χ0v) is 10.5. The smallest absolute Gasteiger partial charge is 0.152 e. The molecule has 2 aromatic rings. The van der Waals surface area contributed by atoms with Gasteiger partial charge in [-0.05, 0) is 37.5 Å². The molecule has 1 saturated heterocycles. The molecule has 1 unspecified atom stereocenters. The molecule has 0 amide bonds. The third kappa shape index (κ3) is 2.29. The van der Waals surface area contributed by atoms with Gasteiger partial charge in [0, 0.05) is 24.6 Å². The van der Waals surface area contributed by atoms with Crippen LogP contribution >= 0.6 is 0 Å². The summed E-state index contributed by atoms with van der Waals surface area (Å²) in [4.78, 5) is 15.4. The number of aromatic nitrogens is 3. The Labute approximate surface area is 111 Å². The van der Waals surface area contributed by atoms with E-state index in [1.807, 2.05) is 10.7 Å². The number of carbonyl (C=O) groups is 1. The molecule has 3 heterocycles. The molecule has 0 aromatic carbocycles. The van der Waals surface area contributed by atoms with Crippen LogP contribution in [0.5, 0.6) is 0 Å². The van der Waals surface area contributed by atoms with E-state index in [0.29, 0.717) is 11.3 Å². The predicted octanol–water partition coefficient (Wildman–Crippen LogP) is 2.46. The van der Waals surface area contributed by atoms with E-state index in [-0.39, 0.29) is 6.23 Å². The van der Waals surface area contributed by atoms with E-state index < -0.39 is 0 Å². The number of hydrogen-bond donors (Lipinski definition) is 0. The minimum atomic E-state index is -0.0553. The van der Waals surface area contributed by atoms with Crippen LogP contribution in [0.3, 0.4) is 0 Å². The Morgan fingerprint density at radius 1 is 1.32 bits per heavy atom. The first-order chi connectivity index (χ1) is 9.40. The number of aldehydes is 1. The Morgan fingerprint density at radius 2 is 2.26 bits per heavy atom. The van der Waals surface area contributed by atoms with Gasteiger partial charge in [-0.1, -0.05) is 0 Å². The lowest BCUT2D eigenvalue weighted by Gasteiger charge is -2.24. The fourth-order valence-electron chi connectivity index (χ4n) is 2.37. The first kappa shape index (κ1) is 12.0. The Hall–Kier alpha value is -2.01. The maximum atomic E-state index is 11.1. The van der Waals surface area contributed by atoms with E-state index in [1.165, 1.54) is 0 Å². The number of nitrogens with zero attached hydrogens (tertiary/aromatic N) is 3. The van der Waals surface area contributed by atoms with Gasteiger partial charge in [-0.2, -0.15) is 5.10 Å². The average molecular weight is 257 g/mol. The molecule has 5 nitrogen and oxygen atoms in total. The normalized spacial score (nSPS) is 19.3. The van der Waals surface area contributed by atoms with Crippen molar-refractivity contribution in [2.75, 3.05) is 6.61 Å². The highest BCUT2D eigenvalue weighted by Crippen LogP contribution is 2.28. The van der Waals surface area contributed by atoms with Crippen LogP contribution in [0.25, 0.3) is 11.4 Å². The SMILES string of the molecule is O=Cc1cccnc1-c1ccnn1C1CCCCO1.